The van der Waals surface area contributed by atoms with Gasteiger partial charge in [0.1, 0.15) is 5.88 Å². The molecule has 1 aliphatic rings. The molecule has 2 aromatic rings. The Morgan fingerprint density at radius 2 is 2.11 bits per heavy atom. The summed E-state index contributed by atoms with van der Waals surface area (Å²) < 4.78 is 4.96. The quantitative estimate of drug-likeness (QED) is 0.809. The highest BCUT2D eigenvalue weighted by molar-refractivity contribution is 6.16. The number of halogens is 1. The fourth-order valence-corrected chi connectivity index (χ4v) is 2.25. The second-order valence-corrected chi connectivity index (χ2v) is 4.61. The number of carbonyl (C=O) groups excluding carboxylic acids is 1. The maximum atomic E-state index is 11.6. The van der Waals surface area contributed by atoms with Gasteiger partial charge in [0.15, 0.2) is 0 Å². The number of alkyl halides is 1. The lowest BCUT2D eigenvalue weighted by molar-refractivity contribution is -0.117. The van der Waals surface area contributed by atoms with Crippen LogP contribution in [0.3, 0.4) is 0 Å². The zero-order valence-electron chi connectivity index (χ0n) is 10.2. The predicted molar refractivity (Wildman–Crippen MR) is 70.9 cm³/mol. The van der Waals surface area contributed by atoms with Crippen LogP contribution in [0.2, 0.25) is 0 Å². The van der Waals surface area contributed by atoms with Gasteiger partial charge in [-0.05, 0) is 30.7 Å². The van der Waals surface area contributed by atoms with Crippen LogP contribution >= 0.6 is 11.6 Å². The lowest BCUT2D eigenvalue weighted by Gasteiger charge is -2.15. The molecule has 1 saturated heterocycles. The third kappa shape index (κ3) is 2.33. The van der Waals surface area contributed by atoms with Gasteiger partial charge < -0.3 is 9.42 Å². The zero-order valence-corrected chi connectivity index (χ0v) is 10.9. The lowest BCUT2D eigenvalue weighted by Crippen LogP contribution is -2.23. The topological polar surface area (TPSA) is 59.2 Å². The van der Waals surface area contributed by atoms with Crippen molar-refractivity contribution in [1.29, 1.82) is 0 Å². The number of hydrogen-bond donors (Lipinski definition) is 0. The van der Waals surface area contributed by atoms with E-state index < -0.39 is 0 Å². The molecule has 1 amide bonds. The SMILES string of the molecule is O=C1CCCN1c1ccc(-c2noc(CCl)n2)cc1. The van der Waals surface area contributed by atoms with Crippen LogP contribution in [0.4, 0.5) is 5.69 Å². The summed E-state index contributed by atoms with van der Waals surface area (Å²) >= 11 is 5.61. The molecule has 19 heavy (non-hydrogen) atoms. The first-order valence-corrected chi connectivity index (χ1v) is 6.61. The van der Waals surface area contributed by atoms with Gasteiger partial charge in [-0.3, -0.25) is 4.79 Å². The fraction of sp³-hybridized carbons (Fsp3) is 0.308. The molecule has 1 fully saturated rings. The number of benzene rings is 1. The summed E-state index contributed by atoms with van der Waals surface area (Å²) in [6.45, 7) is 0.788. The highest BCUT2D eigenvalue weighted by Crippen LogP contribution is 2.24. The maximum Gasteiger partial charge on any atom is 0.241 e. The normalized spacial score (nSPS) is 15.2. The molecule has 0 unspecified atom stereocenters. The maximum absolute atomic E-state index is 11.6. The third-order valence-corrected chi connectivity index (χ3v) is 3.32. The Morgan fingerprint density at radius 1 is 1.32 bits per heavy atom. The van der Waals surface area contributed by atoms with Crippen molar-refractivity contribution in [3.05, 3.63) is 30.2 Å². The minimum Gasteiger partial charge on any atom is -0.338 e. The molecule has 6 heteroatoms. The van der Waals surface area contributed by atoms with Gasteiger partial charge in [-0.1, -0.05) is 5.16 Å². The van der Waals surface area contributed by atoms with Crippen LogP contribution in [0.25, 0.3) is 11.4 Å². The molecule has 0 saturated carbocycles. The second-order valence-electron chi connectivity index (χ2n) is 4.34. The molecule has 2 heterocycles. The van der Waals surface area contributed by atoms with E-state index in [4.69, 9.17) is 16.1 Å². The standard InChI is InChI=1S/C13H12ClN3O2/c14-8-11-15-13(16-19-11)9-3-5-10(6-4-9)17-7-1-2-12(17)18/h3-6H,1-2,7-8H2. The summed E-state index contributed by atoms with van der Waals surface area (Å²) in [4.78, 5) is 17.6. The highest BCUT2D eigenvalue weighted by Gasteiger charge is 2.21. The summed E-state index contributed by atoms with van der Waals surface area (Å²) in [6.07, 6.45) is 1.55. The van der Waals surface area contributed by atoms with Crippen LogP contribution < -0.4 is 4.90 Å². The average molecular weight is 278 g/mol. The molecule has 0 spiro atoms. The molecule has 0 atom stereocenters. The molecule has 0 aliphatic carbocycles. The van der Waals surface area contributed by atoms with E-state index in [-0.39, 0.29) is 11.8 Å². The van der Waals surface area contributed by atoms with Crippen molar-refractivity contribution in [2.45, 2.75) is 18.7 Å². The van der Waals surface area contributed by atoms with Gasteiger partial charge >= 0.3 is 0 Å². The molecule has 1 aliphatic heterocycles. The molecule has 0 radical (unpaired) electrons. The summed E-state index contributed by atoms with van der Waals surface area (Å²) in [7, 11) is 0. The largest absolute Gasteiger partial charge is 0.338 e. The van der Waals surface area contributed by atoms with E-state index in [0.29, 0.717) is 18.1 Å². The Morgan fingerprint density at radius 3 is 2.68 bits per heavy atom. The number of amides is 1. The number of nitrogens with zero attached hydrogens (tertiary/aromatic N) is 3. The Labute approximate surface area is 115 Å². The monoisotopic (exact) mass is 277 g/mol. The fourth-order valence-electron chi connectivity index (χ4n) is 2.14. The Balaban J connectivity index is 1.84. The number of hydrogen-bond acceptors (Lipinski definition) is 4. The molecule has 5 nitrogen and oxygen atoms in total. The number of anilines is 1. The van der Waals surface area contributed by atoms with Crippen molar-refractivity contribution in [1.82, 2.24) is 10.1 Å². The van der Waals surface area contributed by atoms with Gasteiger partial charge in [-0.2, -0.15) is 4.98 Å². The van der Waals surface area contributed by atoms with Gasteiger partial charge in [-0.25, -0.2) is 0 Å². The lowest BCUT2D eigenvalue weighted by atomic mass is 10.2. The number of aromatic nitrogens is 2. The summed E-state index contributed by atoms with van der Waals surface area (Å²) in [6, 6.07) is 7.55. The minimum atomic E-state index is 0.178. The van der Waals surface area contributed by atoms with Gasteiger partial charge in [0.05, 0.1) is 0 Å². The van der Waals surface area contributed by atoms with Crippen LogP contribution in [0.15, 0.2) is 28.8 Å². The molecule has 1 aromatic heterocycles. The predicted octanol–water partition coefficient (Wildman–Crippen LogP) is 2.60. The van der Waals surface area contributed by atoms with E-state index in [1.807, 2.05) is 24.3 Å². The molecular weight excluding hydrogens is 266 g/mol. The van der Waals surface area contributed by atoms with Crippen molar-refractivity contribution in [3.8, 4) is 11.4 Å². The van der Waals surface area contributed by atoms with Crippen molar-refractivity contribution >= 4 is 23.2 Å². The van der Waals surface area contributed by atoms with Crippen LogP contribution in [0, 0.1) is 0 Å². The first kappa shape index (κ1) is 12.2. The van der Waals surface area contributed by atoms with E-state index in [1.165, 1.54) is 0 Å². The first-order chi connectivity index (χ1) is 9.28. The Bertz CT molecular complexity index is 594. The Hall–Kier alpha value is -1.88. The van der Waals surface area contributed by atoms with Gasteiger partial charge in [0.25, 0.3) is 0 Å². The van der Waals surface area contributed by atoms with Crippen LogP contribution in [0.1, 0.15) is 18.7 Å². The summed E-state index contributed by atoms with van der Waals surface area (Å²) in [5, 5.41) is 3.85. The summed E-state index contributed by atoms with van der Waals surface area (Å²) in [5.74, 6) is 1.29. The molecule has 0 N–H and O–H groups in total. The van der Waals surface area contributed by atoms with E-state index in [2.05, 4.69) is 10.1 Å². The van der Waals surface area contributed by atoms with Crippen molar-refractivity contribution < 1.29 is 9.32 Å². The van der Waals surface area contributed by atoms with Gasteiger partial charge in [0.2, 0.25) is 17.6 Å². The first-order valence-electron chi connectivity index (χ1n) is 6.07. The molecular formula is C13H12ClN3O2. The van der Waals surface area contributed by atoms with E-state index in [1.54, 1.807) is 4.90 Å². The van der Waals surface area contributed by atoms with Crippen molar-refractivity contribution in [3.63, 3.8) is 0 Å². The van der Waals surface area contributed by atoms with Crippen LogP contribution in [0.5, 0.6) is 0 Å². The molecule has 3 rings (SSSR count). The van der Waals surface area contributed by atoms with Crippen LogP contribution in [-0.2, 0) is 10.7 Å². The molecule has 0 bridgehead atoms. The third-order valence-electron chi connectivity index (χ3n) is 3.09. The number of rotatable bonds is 3. The zero-order chi connectivity index (χ0) is 13.2. The summed E-state index contributed by atoms with van der Waals surface area (Å²) in [5.41, 5.74) is 1.75. The van der Waals surface area contributed by atoms with Crippen molar-refractivity contribution in [2.75, 3.05) is 11.4 Å². The van der Waals surface area contributed by atoms with Crippen molar-refractivity contribution in [2.24, 2.45) is 0 Å². The van der Waals surface area contributed by atoms with Gasteiger partial charge in [0, 0.05) is 24.2 Å². The Kier molecular flexibility index (Phi) is 3.21. The van der Waals surface area contributed by atoms with Crippen LogP contribution in [-0.4, -0.2) is 22.6 Å². The second kappa shape index (κ2) is 5.01. The van der Waals surface area contributed by atoms with E-state index in [0.717, 1.165) is 24.2 Å². The molecule has 1 aromatic carbocycles. The van der Waals surface area contributed by atoms with E-state index >= 15 is 0 Å². The smallest absolute Gasteiger partial charge is 0.241 e. The average Bonchev–Trinajstić information content (AvgIpc) is 3.07. The van der Waals surface area contributed by atoms with E-state index in [9.17, 15) is 4.79 Å². The van der Waals surface area contributed by atoms with Gasteiger partial charge in [-0.15, -0.1) is 11.6 Å². The number of carbonyl (C=O) groups is 1. The minimum absolute atomic E-state index is 0.178. The highest BCUT2D eigenvalue weighted by atomic mass is 35.5. The molecule has 98 valence electrons.